The fourth-order valence-corrected chi connectivity index (χ4v) is 5.83. The molecule has 1 aliphatic carbocycles. The largest absolute Gasteiger partial charge is 0.362 e. The van der Waals surface area contributed by atoms with Crippen LogP contribution in [0.4, 0.5) is 5.69 Å². The van der Waals surface area contributed by atoms with Gasteiger partial charge >= 0.3 is 0 Å². The number of carbonyl (C=O) groups excluding carboxylic acids is 1. The van der Waals surface area contributed by atoms with E-state index in [-0.39, 0.29) is 10.8 Å². The van der Waals surface area contributed by atoms with E-state index in [1.54, 1.807) is 18.2 Å². The molecule has 1 saturated heterocycles. The molecule has 6 nitrogen and oxygen atoms in total. The fourth-order valence-electron chi connectivity index (χ4n) is 4.50. The van der Waals surface area contributed by atoms with Crippen LogP contribution in [-0.4, -0.2) is 38.7 Å². The lowest BCUT2D eigenvalue weighted by molar-refractivity contribution is -0.121. The summed E-state index contributed by atoms with van der Waals surface area (Å²) in [6, 6.07) is 13.8. The van der Waals surface area contributed by atoms with Gasteiger partial charge in [0.05, 0.1) is 10.3 Å². The summed E-state index contributed by atoms with van der Waals surface area (Å²) in [6.07, 6.45) is 4.92. The quantitative estimate of drug-likeness (QED) is 0.708. The van der Waals surface area contributed by atoms with Gasteiger partial charge in [-0.1, -0.05) is 42.6 Å². The summed E-state index contributed by atoms with van der Waals surface area (Å²) < 4.78 is 29.6. The van der Waals surface area contributed by atoms with E-state index in [4.69, 9.17) is 11.6 Å². The lowest BCUT2D eigenvalue weighted by Crippen LogP contribution is -2.38. The van der Waals surface area contributed by atoms with Gasteiger partial charge in [0, 0.05) is 30.7 Å². The van der Waals surface area contributed by atoms with E-state index in [1.165, 1.54) is 12.1 Å². The van der Waals surface area contributed by atoms with E-state index in [0.717, 1.165) is 44.2 Å². The molecule has 31 heavy (non-hydrogen) atoms. The molecule has 2 fully saturated rings. The van der Waals surface area contributed by atoms with Crippen LogP contribution in [-0.2, 0) is 20.2 Å². The van der Waals surface area contributed by atoms with Crippen molar-refractivity contribution in [3.05, 3.63) is 59.1 Å². The van der Waals surface area contributed by atoms with Crippen molar-refractivity contribution in [2.45, 2.75) is 48.8 Å². The highest BCUT2D eigenvalue weighted by Crippen LogP contribution is 2.42. The molecule has 2 aromatic rings. The van der Waals surface area contributed by atoms with Crippen molar-refractivity contribution in [2.75, 3.05) is 18.9 Å². The third-order valence-electron chi connectivity index (χ3n) is 6.22. The van der Waals surface area contributed by atoms with Gasteiger partial charge in [0.2, 0.25) is 5.91 Å². The predicted molar refractivity (Wildman–Crippen MR) is 123 cm³/mol. The molecule has 1 amide bonds. The first-order valence-electron chi connectivity index (χ1n) is 10.5. The van der Waals surface area contributed by atoms with Gasteiger partial charge in [-0.25, -0.2) is 0 Å². The van der Waals surface area contributed by atoms with E-state index in [0.29, 0.717) is 23.0 Å². The summed E-state index contributed by atoms with van der Waals surface area (Å²) in [7, 11) is -2.01. The van der Waals surface area contributed by atoms with E-state index in [1.807, 2.05) is 30.1 Å². The molecule has 0 bridgehead atoms. The summed E-state index contributed by atoms with van der Waals surface area (Å²) in [5.41, 5.74) is 0.681. The van der Waals surface area contributed by atoms with Crippen LogP contribution in [0.5, 0.6) is 0 Å². The Morgan fingerprint density at radius 1 is 1.10 bits per heavy atom. The van der Waals surface area contributed by atoms with Crippen LogP contribution in [0.1, 0.15) is 44.1 Å². The SMILES string of the molecule is CN1CCCC1=NS(=O)(=O)c1cccc(NC(=O)C2(c3cccc(Cl)c3)CCCC2)c1. The Balaban J connectivity index is 1.60. The number of nitrogens with one attached hydrogen (secondary N) is 1. The molecule has 0 aromatic heterocycles. The fraction of sp³-hybridized carbons (Fsp3) is 0.391. The van der Waals surface area contributed by atoms with Crippen molar-refractivity contribution in [1.82, 2.24) is 4.90 Å². The molecule has 2 aliphatic rings. The molecule has 0 atom stereocenters. The van der Waals surface area contributed by atoms with Crippen molar-refractivity contribution in [2.24, 2.45) is 4.40 Å². The molecule has 164 valence electrons. The second-order valence-corrected chi connectivity index (χ2v) is 10.3. The summed E-state index contributed by atoms with van der Waals surface area (Å²) in [5, 5.41) is 3.55. The molecule has 0 unspecified atom stereocenters. The number of rotatable bonds is 5. The van der Waals surface area contributed by atoms with Gasteiger partial charge in [0.1, 0.15) is 5.84 Å². The number of likely N-dealkylation sites (tertiary alicyclic amines) is 1. The van der Waals surface area contributed by atoms with E-state index in [2.05, 4.69) is 9.71 Å². The van der Waals surface area contributed by atoms with Gasteiger partial charge in [-0.05, 0) is 55.2 Å². The highest BCUT2D eigenvalue weighted by atomic mass is 35.5. The summed E-state index contributed by atoms with van der Waals surface area (Å²) in [6.45, 7) is 0.802. The molecular weight excluding hydrogens is 434 g/mol. The number of sulfonamides is 1. The molecule has 0 radical (unpaired) electrons. The maximum Gasteiger partial charge on any atom is 0.284 e. The minimum atomic E-state index is -3.85. The van der Waals surface area contributed by atoms with Crippen molar-refractivity contribution in [3.8, 4) is 0 Å². The molecular formula is C23H26ClN3O3S. The molecule has 1 heterocycles. The number of carbonyl (C=O) groups is 1. The number of anilines is 1. The van der Waals surface area contributed by atoms with Gasteiger partial charge in [-0.2, -0.15) is 8.42 Å². The van der Waals surface area contributed by atoms with Gasteiger partial charge in [-0.3, -0.25) is 4.79 Å². The van der Waals surface area contributed by atoms with E-state index in [9.17, 15) is 13.2 Å². The van der Waals surface area contributed by atoms with Crippen LogP contribution in [0, 0.1) is 0 Å². The summed E-state index contributed by atoms with van der Waals surface area (Å²) in [5.74, 6) is 0.434. The number of amides is 1. The number of nitrogens with zero attached hydrogens (tertiary/aromatic N) is 2. The van der Waals surface area contributed by atoms with Crippen LogP contribution in [0.25, 0.3) is 0 Å². The van der Waals surface area contributed by atoms with Crippen molar-refractivity contribution >= 4 is 39.1 Å². The Labute approximate surface area is 188 Å². The zero-order valence-corrected chi connectivity index (χ0v) is 19.0. The normalized spacial score (nSPS) is 19.7. The van der Waals surface area contributed by atoms with E-state index >= 15 is 0 Å². The van der Waals surface area contributed by atoms with Crippen LogP contribution in [0.15, 0.2) is 57.8 Å². The van der Waals surface area contributed by atoms with E-state index < -0.39 is 15.4 Å². The lowest BCUT2D eigenvalue weighted by Gasteiger charge is -2.28. The highest BCUT2D eigenvalue weighted by Gasteiger charge is 2.42. The molecule has 4 rings (SSSR count). The first-order chi connectivity index (χ1) is 14.8. The molecule has 1 saturated carbocycles. The molecule has 0 spiro atoms. The first kappa shape index (κ1) is 21.8. The zero-order chi connectivity index (χ0) is 22.1. The van der Waals surface area contributed by atoms with Crippen molar-refractivity contribution in [3.63, 3.8) is 0 Å². The zero-order valence-electron chi connectivity index (χ0n) is 17.5. The minimum Gasteiger partial charge on any atom is -0.362 e. The van der Waals surface area contributed by atoms with Gasteiger partial charge in [0.15, 0.2) is 0 Å². The van der Waals surface area contributed by atoms with Crippen LogP contribution in [0.3, 0.4) is 0 Å². The van der Waals surface area contributed by atoms with Gasteiger partial charge in [0.25, 0.3) is 10.0 Å². The van der Waals surface area contributed by atoms with Crippen molar-refractivity contribution < 1.29 is 13.2 Å². The average molecular weight is 460 g/mol. The Morgan fingerprint density at radius 3 is 2.52 bits per heavy atom. The predicted octanol–water partition coefficient (Wildman–Crippen LogP) is 4.60. The van der Waals surface area contributed by atoms with Gasteiger partial charge in [-0.15, -0.1) is 4.40 Å². The first-order valence-corrected chi connectivity index (χ1v) is 12.3. The maximum atomic E-state index is 13.4. The van der Waals surface area contributed by atoms with Crippen LogP contribution in [0.2, 0.25) is 5.02 Å². The number of hydrogen-bond acceptors (Lipinski definition) is 3. The number of hydrogen-bond donors (Lipinski definition) is 1. The Morgan fingerprint density at radius 2 is 1.84 bits per heavy atom. The number of benzene rings is 2. The standard InChI is InChI=1S/C23H26ClN3O3S/c1-27-14-6-11-21(27)26-31(29,30)20-10-5-9-19(16-20)25-22(28)23(12-2-3-13-23)17-7-4-8-18(24)15-17/h4-5,7-10,15-16H,2-3,6,11-14H2,1H3,(H,25,28). The van der Waals surface area contributed by atoms with Crippen LogP contribution >= 0.6 is 11.6 Å². The highest BCUT2D eigenvalue weighted by molar-refractivity contribution is 7.90. The topological polar surface area (TPSA) is 78.8 Å². The van der Waals surface area contributed by atoms with Crippen molar-refractivity contribution in [1.29, 1.82) is 0 Å². The maximum absolute atomic E-state index is 13.4. The third kappa shape index (κ3) is 4.48. The summed E-state index contributed by atoms with van der Waals surface area (Å²) in [4.78, 5) is 15.3. The number of amidine groups is 1. The second kappa shape index (κ2) is 8.63. The summed E-state index contributed by atoms with van der Waals surface area (Å²) >= 11 is 6.19. The van der Waals surface area contributed by atoms with Gasteiger partial charge < -0.3 is 10.2 Å². The smallest absolute Gasteiger partial charge is 0.284 e. The Kier molecular flexibility index (Phi) is 6.08. The Bertz CT molecular complexity index is 1120. The lowest BCUT2D eigenvalue weighted by atomic mass is 9.78. The Hall–Kier alpha value is -2.38. The molecule has 2 aromatic carbocycles. The average Bonchev–Trinajstić information content (AvgIpc) is 3.38. The third-order valence-corrected chi connectivity index (χ3v) is 7.75. The molecule has 1 N–H and O–H groups in total. The van der Waals surface area contributed by atoms with Crippen LogP contribution < -0.4 is 5.32 Å². The second-order valence-electron chi connectivity index (χ2n) is 8.29. The minimum absolute atomic E-state index is 0.0707. The molecule has 8 heteroatoms. The molecule has 1 aliphatic heterocycles. The monoisotopic (exact) mass is 459 g/mol. The number of halogens is 1.